The fraction of sp³-hybridized carbons (Fsp3) is 0.842. The SMILES string of the molecule is O=C(NC=C1CCCC1)NC1CCCCCCCCCCC1. The number of rotatable bonds is 2. The van der Waals surface area contributed by atoms with Gasteiger partial charge in [-0.25, -0.2) is 4.79 Å². The van der Waals surface area contributed by atoms with Gasteiger partial charge in [-0.15, -0.1) is 0 Å². The molecule has 0 radical (unpaired) electrons. The van der Waals surface area contributed by atoms with Crippen molar-refractivity contribution in [3.8, 4) is 0 Å². The highest BCUT2D eigenvalue weighted by Gasteiger charge is 2.12. The summed E-state index contributed by atoms with van der Waals surface area (Å²) >= 11 is 0. The highest BCUT2D eigenvalue weighted by atomic mass is 16.2. The summed E-state index contributed by atoms with van der Waals surface area (Å²) in [6.07, 6.45) is 21.2. The third-order valence-electron chi connectivity index (χ3n) is 5.09. The van der Waals surface area contributed by atoms with Crippen molar-refractivity contribution < 1.29 is 4.79 Å². The van der Waals surface area contributed by atoms with E-state index in [1.165, 1.54) is 76.2 Å². The van der Waals surface area contributed by atoms with Crippen LogP contribution in [-0.2, 0) is 0 Å². The van der Waals surface area contributed by atoms with Crippen molar-refractivity contribution in [2.24, 2.45) is 0 Å². The van der Waals surface area contributed by atoms with Crippen LogP contribution in [0.4, 0.5) is 4.79 Å². The maximum Gasteiger partial charge on any atom is 0.318 e. The standard InChI is InChI=1S/C19H34N2O/c22-19(20-16-17-12-10-11-13-17)21-18-14-8-6-4-2-1-3-5-7-9-15-18/h16,18H,1-15H2,(H2,20,21,22). The molecule has 0 bridgehead atoms. The fourth-order valence-corrected chi connectivity index (χ4v) is 3.68. The molecule has 2 amide bonds. The Morgan fingerprint density at radius 1 is 0.773 bits per heavy atom. The minimum absolute atomic E-state index is 0.00325. The number of urea groups is 1. The Labute approximate surface area is 136 Å². The van der Waals surface area contributed by atoms with Crippen LogP contribution in [0.2, 0.25) is 0 Å². The van der Waals surface area contributed by atoms with Gasteiger partial charge in [0.1, 0.15) is 0 Å². The van der Waals surface area contributed by atoms with E-state index in [-0.39, 0.29) is 6.03 Å². The first kappa shape index (κ1) is 17.4. The molecule has 2 rings (SSSR count). The van der Waals surface area contributed by atoms with Crippen molar-refractivity contribution >= 4 is 6.03 Å². The smallest absolute Gasteiger partial charge is 0.318 e. The van der Waals surface area contributed by atoms with E-state index >= 15 is 0 Å². The van der Waals surface area contributed by atoms with Crippen LogP contribution in [0.1, 0.15) is 96.3 Å². The molecule has 22 heavy (non-hydrogen) atoms. The fourth-order valence-electron chi connectivity index (χ4n) is 3.68. The molecule has 3 heteroatoms. The lowest BCUT2D eigenvalue weighted by molar-refractivity contribution is 0.237. The van der Waals surface area contributed by atoms with E-state index in [0.717, 1.165) is 25.7 Å². The Balaban J connectivity index is 1.71. The molecule has 0 spiro atoms. The molecule has 2 aliphatic rings. The molecule has 0 heterocycles. The summed E-state index contributed by atoms with van der Waals surface area (Å²) in [7, 11) is 0. The summed E-state index contributed by atoms with van der Waals surface area (Å²) in [4.78, 5) is 12.1. The highest BCUT2D eigenvalue weighted by Crippen LogP contribution is 2.22. The molecule has 0 saturated heterocycles. The van der Waals surface area contributed by atoms with E-state index < -0.39 is 0 Å². The predicted octanol–water partition coefficient (Wildman–Crippen LogP) is 5.42. The second-order valence-corrected chi connectivity index (χ2v) is 7.08. The van der Waals surface area contributed by atoms with Crippen LogP contribution in [-0.4, -0.2) is 12.1 Å². The molecule has 0 unspecified atom stereocenters. The number of hydrogen-bond acceptors (Lipinski definition) is 1. The Morgan fingerprint density at radius 2 is 1.27 bits per heavy atom. The lowest BCUT2D eigenvalue weighted by Gasteiger charge is -2.19. The second-order valence-electron chi connectivity index (χ2n) is 7.08. The van der Waals surface area contributed by atoms with Crippen molar-refractivity contribution in [2.75, 3.05) is 0 Å². The maximum absolute atomic E-state index is 12.1. The van der Waals surface area contributed by atoms with Crippen LogP contribution in [0, 0.1) is 0 Å². The first-order valence-corrected chi connectivity index (χ1v) is 9.59. The molecule has 126 valence electrons. The summed E-state index contributed by atoms with van der Waals surface area (Å²) in [6.45, 7) is 0. The summed E-state index contributed by atoms with van der Waals surface area (Å²) < 4.78 is 0. The van der Waals surface area contributed by atoms with Crippen LogP contribution in [0.3, 0.4) is 0 Å². The molecule has 0 aromatic heterocycles. The van der Waals surface area contributed by atoms with Crippen LogP contribution in [0.25, 0.3) is 0 Å². The van der Waals surface area contributed by atoms with Gasteiger partial charge in [-0.2, -0.15) is 0 Å². The van der Waals surface area contributed by atoms with Gasteiger partial charge in [0.2, 0.25) is 0 Å². The van der Waals surface area contributed by atoms with Gasteiger partial charge in [0.15, 0.2) is 0 Å². The van der Waals surface area contributed by atoms with Crippen LogP contribution in [0.15, 0.2) is 11.8 Å². The molecule has 0 aromatic rings. The van der Waals surface area contributed by atoms with Crippen molar-refractivity contribution in [3.63, 3.8) is 0 Å². The number of amides is 2. The average molecular weight is 306 g/mol. The molecule has 2 fully saturated rings. The van der Waals surface area contributed by atoms with Gasteiger partial charge in [-0.1, -0.05) is 63.4 Å². The number of carbonyl (C=O) groups is 1. The average Bonchev–Trinajstić information content (AvgIpc) is 3.01. The molecule has 2 saturated carbocycles. The summed E-state index contributed by atoms with van der Waals surface area (Å²) in [5.74, 6) is 0. The summed E-state index contributed by atoms with van der Waals surface area (Å²) in [5, 5.41) is 6.15. The van der Waals surface area contributed by atoms with Crippen LogP contribution >= 0.6 is 0 Å². The topological polar surface area (TPSA) is 41.1 Å². The van der Waals surface area contributed by atoms with Crippen molar-refractivity contribution in [1.29, 1.82) is 0 Å². The predicted molar refractivity (Wildman–Crippen MR) is 92.8 cm³/mol. The van der Waals surface area contributed by atoms with E-state index in [1.807, 2.05) is 6.20 Å². The van der Waals surface area contributed by atoms with Crippen molar-refractivity contribution in [2.45, 2.75) is 102 Å². The molecular weight excluding hydrogens is 272 g/mol. The summed E-state index contributed by atoms with van der Waals surface area (Å²) in [6, 6.07) is 0.359. The Hall–Kier alpha value is -0.990. The van der Waals surface area contributed by atoms with E-state index in [0.29, 0.717) is 6.04 Å². The molecule has 2 aliphatic carbocycles. The third kappa shape index (κ3) is 7.33. The molecule has 0 atom stereocenters. The van der Waals surface area contributed by atoms with E-state index in [1.54, 1.807) is 0 Å². The van der Waals surface area contributed by atoms with Gasteiger partial charge in [0.25, 0.3) is 0 Å². The molecule has 0 aromatic carbocycles. The molecule has 2 N–H and O–H groups in total. The van der Waals surface area contributed by atoms with Gasteiger partial charge >= 0.3 is 6.03 Å². The largest absolute Gasteiger partial charge is 0.335 e. The minimum atomic E-state index is -0.00325. The second kappa shape index (κ2) is 10.7. The monoisotopic (exact) mass is 306 g/mol. The molecule has 3 nitrogen and oxygen atoms in total. The highest BCUT2D eigenvalue weighted by molar-refractivity contribution is 5.75. The number of allylic oxidation sites excluding steroid dienone is 1. The quantitative estimate of drug-likeness (QED) is 0.703. The summed E-state index contributed by atoms with van der Waals surface area (Å²) in [5.41, 5.74) is 1.40. The zero-order valence-electron chi connectivity index (χ0n) is 14.2. The maximum atomic E-state index is 12.1. The van der Waals surface area contributed by atoms with Gasteiger partial charge in [0, 0.05) is 12.2 Å². The van der Waals surface area contributed by atoms with Crippen LogP contribution < -0.4 is 10.6 Å². The lowest BCUT2D eigenvalue weighted by atomic mass is 9.98. The minimum Gasteiger partial charge on any atom is -0.335 e. The number of carbonyl (C=O) groups excluding carboxylic acids is 1. The van der Waals surface area contributed by atoms with Gasteiger partial charge < -0.3 is 10.6 Å². The van der Waals surface area contributed by atoms with Crippen molar-refractivity contribution in [3.05, 3.63) is 11.8 Å². The van der Waals surface area contributed by atoms with Gasteiger partial charge in [-0.05, 0) is 38.5 Å². The third-order valence-corrected chi connectivity index (χ3v) is 5.09. The normalized spacial score (nSPS) is 22.5. The zero-order chi connectivity index (χ0) is 15.5. The number of hydrogen-bond donors (Lipinski definition) is 2. The van der Waals surface area contributed by atoms with E-state index in [2.05, 4.69) is 10.6 Å². The first-order valence-electron chi connectivity index (χ1n) is 9.59. The lowest BCUT2D eigenvalue weighted by Crippen LogP contribution is -2.40. The van der Waals surface area contributed by atoms with Gasteiger partial charge in [-0.3, -0.25) is 0 Å². The van der Waals surface area contributed by atoms with Crippen LogP contribution in [0.5, 0.6) is 0 Å². The zero-order valence-corrected chi connectivity index (χ0v) is 14.2. The molecular formula is C19H34N2O. The van der Waals surface area contributed by atoms with E-state index in [9.17, 15) is 4.79 Å². The Morgan fingerprint density at radius 3 is 1.82 bits per heavy atom. The van der Waals surface area contributed by atoms with Gasteiger partial charge in [0.05, 0.1) is 0 Å². The Kier molecular flexibility index (Phi) is 8.44. The first-order chi connectivity index (χ1) is 10.8. The molecule has 0 aliphatic heterocycles. The Bertz CT molecular complexity index is 331. The van der Waals surface area contributed by atoms with E-state index in [4.69, 9.17) is 0 Å². The van der Waals surface area contributed by atoms with Crippen molar-refractivity contribution in [1.82, 2.24) is 10.6 Å². The number of nitrogens with one attached hydrogen (secondary N) is 2.